The summed E-state index contributed by atoms with van der Waals surface area (Å²) >= 11 is 6.10. The zero-order valence-electron chi connectivity index (χ0n) is 17.9. The molecule has 0 saturated carbocycles. The van der Waals surface area contributed by atoms with Crippen LogP contribution in [0.25, 0.3) is 0 Å². The van der Waals surface area contributed by atoms with Crippen LogP contribution in [0.5, 0.6) is 0 Å². The highest BCUT2D eigenvalue weighted by molar-refractivity contribution is 6.22. The zero-order valence-corrected chi connectivity index (χ0v) is 18.6. The average Bonchev–Trinajstić information content (AvgIpc) is 2.68. The highest BCUT2D eigenvalue weighted by Gasteiger charge is 2.34. The number of nitrogens with zero attached hydrogens (tertiary/aromatic N) is 2. The van der Waals surface area contributed by atoms with Gasteiger partial charge in [-0.1, -0.05) is 37.9 Å². The molecule has 3 N–H and O–H groups in total. The maximum absolute atomic E-state index is 12.9. The quantitative estimate of drug-likeness (QED) is 0.580. The number of halogens is 1. The van der Waals surface area contributed by atoms with Crippen molar-refractivity contribution in [1.82, 2.24) is 14.5 Å². The normalized spacial score (nSPS) is 17.6. The molecule has 7 nitrogen and oxygen atoms in total. The summed E-state index contributed by atoms with van der Waals surface area (Å²) < 4.78 is 1.62. The van der Waals surface area contributed by atoms with Crippen molar-refractivity contribution >= 4 is 23.1 Å². The fourth-order valence-electron chi connectivity index (χ4n) is 4.07. The molecular weight excluding hydrogens is 404 g/mol. The fourth-order valence-corrected chi connectivity index (χ4v) is 4.24. The van der Waals surface area contributed by atoms with Gasteiger partial charge in [0.1, 0.15) is 10.9 Å². The van der Waals surface area contributed by atoms with Gasteiger partial charge in [-0.05, 0) is 43.0 Å². The van der Waals surface area contributed by atoms with Gasteiger partial charge in [-0.3, -0.25) is 19.2 Å². The summed E-state index contributed by atoms with van der Waals surface area (Å²) in [5, 5.41) is 12.2. The molecule has 1 aliphatic rings. The van der Waals surface area contributed by atoms with E-state index in [4.69, 9.17) is 11.6 Å². The second-order valence-electron chi connectivity index (χ2n) is 8.04. The molecule has 164 valence electrons. The van der Waals surface area contributed by atoms with Crippen molar-refractivity contribution in [1.29, 1.82) is 0 Å². The number of H-pyrrole nitrogens is 1. The van der Waals surface area contributed by atoms with E-state index in [0.717, 1.165) is 24.9 Å². The molecule has 1 atom stereocenters. The average molecular weight is 435 g/mol. The number of likely N-dealkylation sites (tertiary alicyclic amines) is 1. The molecule has 1 saturated heterocycles. The van der Waals surface area contributed by atoms with E-state index in [-0.39, 0.29) is 6.17 Å². The van der Waals surface area contributed by atoms with E-state index in [2.05, 4.69) is 42.0 Å². The SMILES string of the molecule is CCCC(N1CCC(O)(Cl)CC1)n1c(Nc2ccc(C)c(CC)c2)cc(=O)[nH]c1=O. The van der Waals surface area contributed by atoms with E-state index in [1.165, 1.54) is 17.2 Å². The Labute approximate surface area is 181 Å². The first kappa shape index (κ1) is 22.6. The van der Waals surface area contributed by atoms with Crippen molar-refractivity contribution in [2.45, 2.75) is 64.1 Å². The van der Waals surface area contributed by atoms with Crippen molar-refractivity contribution in [2.75, 3.05) is 18.4 Å². The second kappa shape index (κ2) is 9.37. The topological polar surface area (TPSA) is 90.4 Å². The Kier molecular flexibility index (Phi) is 7.06. The summed E-state index contributed by atoms with van der Waals surface area (Å²) in [7, 11) is 0. The lowest BCUT2D eigenvalue weighted by Gasteiger charge is -2.40. The monoisotopic (exact) mass is 434 g/mol. The van der Waals surface area contributed by atoms with E-state index >= 15 is 0 Å². The van der Waals surface area contributed by atoms with Crippen molar-refractivity contribution in [3.05, 3.63) is 56.2 Å². The van der Waals surface area contributed by atoms with Gasteiger partial charge in [0.2, 0.25) is 0 Å². The van der Waals surface area contributed by atoms with Crippen LogP contribution in [0.3, 0.4) is 0 Å². The molecule has 1 aromatic carbocycles. The highest BCUT2D eigenvalue weighted by atomic mass is 35.5. The summed E-state index contributed by atoms with van der Waals surface area (Å²) in [6.07, 6.45) is 3.10. The Morgan fingerprint density at radius 3 is 2.57 bits per heavy atom. The van der Waals surface area contributed by atoms with Crippen LogP contribution in [-0.2, 0) is 6.42 Å². The molecule has 0 radical (unpaired) electrons. The molecule has 0 amide bonds. The van der Waals surface area contributed by atoms with Crippen LogP contribution in [-0.4, -0.2) is 37.7 Å². The number of aliphatic hydroxyl groups is 1. The number of rotatable bonds is 7. The Bertz CT molecular complexity index is 989. The minimum Gasteiger partial charge on any atom is -0.375 e. The summed E-state index contributed by atoms with van der Waals surface area (Å²) in [6.45, 7) is 7.37. The lowest BCUT2D eigenvalue weighted by molar-refractivity contribution is 0.0116. The number of nitrogens with one attached hydrogen (secondary N) is 2. The van der Waals surface area contributed by atoms with Crippen molar-refractivity contribution in [3.8, 4) is 0 Å². The maximum atomic E-state index is 12.9. The van der Waals surface area contributed by atoms with E-state index in [9.17, 15) is 14.7 Å². The molecule has 0 spiro atoms. The number of hydrogen-bond acceptors (Lipinski definition) is 5. The first-order valence-corrected chi connectivity index (χ1v) is 11.0. The molecule has 1 aromatic heterocycles. The molecule has 30 heavy (non-hydrogen) atoms. The van der Waals surface area contributed by atoms with Gasteiger partial charge >= 0.3 is 5.69 Å². The van der Waals surface area contributed by atoms with E-state index < -0.39 is 16.3 Å². The third-order valence-corrected chi connectivity index (χ3v) is 6.19. The number of aryl methyl sites for hydroxylation is 2. The standard InChI is InChI=1S/C22H31ClN4O3/c1-4-6-20(26-11-9-22(23,30)10-12-26)27-18(14-19(28)25-21(27)29)24-17-8-7-15(3)16(5-2)13-17/h7-8,13-14,20,24,30H,4-6,9-12H2,1-3H3,(H,25,28,29). The molecule has 2 heterocycles. The van der Waals surface area contributed by atoms with Gasteiger partial charge in [-0.25, -0.2) is 4.79 Å². The largest absolute Gasteiger partial charge is 0.375 e. The molecule has 0 aliphatic carbocycles. The van der Waals surface area contributed by atoms with Gasteiger partial charge < -0.3 is 10.4 Å². The smallest absolute Gasteiger partial charge is 0.331 e. The van der Waals surface area contributed by atoms with Crippen molar-refractivity contribution in [3.63, 3.8) is 0 Å². The first-order valence-electron chi connectivity index (χ1n) is 10.6. The van der Waals surface area contributed by atoms with Crippen LogP contribution >= 0.6 is 11.6 Å². The van der Waals surface area contributed by atoms with Gasteiger partial charge in [0.15, 0.2) is 0 Å². The van der Waals surface area contributed by atoms with Crippen molar-refractivity contribution < 1.29 is 5.11 Å². The third-order valence-electron chi connectivity index (χ3n) is 5.81. The van der Waals surface area contributed by atoms with Crippen LogP contribution < -0.4 is 16.6 Å². The Hall–Kier alpha value is -2.09. The number of alkyl halides is 1. The van der Waals surface area contributed by atoms with Crippen molar-refractivity contribution in [2.24, 2.45) is 0 Å². The Morgan fingerprint density at radius 1 is 1.23 bits per heavy atom. The van der Waals surface area contributed by atoms with Gasteiger partial charge in [0, 0.05) is 37.7 Å². The summed E-state index contributed by atoms with van der Waals surface area (Å²) in [5.41, 5.74) is 2.36. The molecule has 2 aromatic rings. The lowest BCUT2D eigenvalue weighted by atomic mass is 10.1. The second-order valence-corrected chi connectivity index (χ2v) is 8.74. The Morgan fingerprint density at radius 2 is 1.93 bits per heavy atom. The predicted molar refractivity (Wildman–Crippen MR) is 121 cm³/mol. The molecule has 3 rings (SSSR count). The number of aromatic nitrogens is 2. The Balaban J connectivity index is 2.00. The number of aromatic amines is 1. The molecule has 1 fully saturated rings. The predicted octanol–water partition coefficient (Wildman–Crippen LogP) is 3.47. The van der Waals surface area contributed by atoms with Gasteiger partial charge in [-0.2, -0.15) is 0 Å². The molecule has 1 aliphatic heterocycles. The molecular formula is C22H31ClN4O3. The third kappa shape index (κ3) is 5.14. The summed E-state index contributed by atoms with van der Waals surface area (Å²) in [4.78, 5) is 29.5. The molecule has 8 heteroatoms. The maximum Gasteiger partial charge on any atom is 0.331 e. The van der Waals surface area contributed by atoms with Gasteiger partial charge in [0.05, 0.1) is 6.17 Å². The van der Waals surface area contributed by atoms with E-state index in [1.807, 2.05) is 12.1 Å². The van der Waals surface area contributed by atoms with Gasteiger partial charge in [0.25, 0.3) is 5.56 Å². The molecule has 1 unspecified atom stereocenters. The highest BCUT2D eigenvalue weighted by Crippen LogP contribution is 2.32. The fraction of sp³-hybridized carbons (Fsp3) is 0.545. The zero-order chi connectivity index (χ0) is 21.9. The summed E-state index contributed by atoms with van der Waals surface area (Å²) in [5.74, 6) is 0.458. The number of piperidine rings is 1. The van der Waals surface area contributed by atoms with Gasteiger partial charge in [-0.15, -0.1) is 0 Å². The minimum atomic E-state index is -1.19. The van der Waals surface area contributed by atoms with Crippen LogP contribution in [0.2, 0.25) is 0 Å². The van der Waals surface area contributed by atoms with Crippen LogP contribution in [0.15, 0.2) is 33.9 Å². The van der Waals surface area contributed by atoms with Crippen LogP contribution in [0.4, 0.5) is 11.5 Å². The number of benzene rings is 1. The number of anilines is 2. The molecule has 0 bridgehead atoms. The van der Waals surface area contributed by atoms with E-state index in [0.29, 0.717) is 31.7 Å². The van der Waals surface area contributed by atoms with Crippen LogP contribution in [0, 0.1) is 6.92 Å². The minimum absolute atomic E-state index is 0.245. The van der Waals surface area contributed by atoms with Crippen LogP contribution in [0.1, 0.15) is 56.8 Å². The van der Waals surface area contributed by atoms with E-state index in [1.54, 1.807) is 4.57 Å². The first-order chi connectivity index (χ1) is 14.2. The summed E-state index contributed by atoms with van der Waals surface area (Å²) in [6, 6.07) is 7.46. The lowest BCUT2D eigenvalue weighted by Crippen LogP contribution is -2.47. The number of hydrogen-bond donors (Lipinski definition) is 3.